The number of hydrogen-bond acceptors (Lipinski definition) is 2. The molecule has 2 heterocycles. The number of ether oxygens (including phenoxy) is 1. The van der Waals surface area contributed by atoms with E-state index >= 15 is 0 Å². The van der Waals surface area contributed by atoms with Gasteiger partial charge in [0.25, 0.3) is 0 Å². The first-order chi connectivity index (χ1) is 7.69. The molecule has 17 heavy (non-hydrogen) atoms. The molecule has 2 heteroatoms. The zero-order valence-electron chi connectivity index (χ0n) is 11.8. The second-order valence-corrected chi connectivity index (χ2v) is 6.94. The molecule has 0 fully saturated rings. The van der Waals surface area contributed by atoms with Crippen LogP contribution in [0.25, 0.3) is 0 Å². The molecule has 0 aromatic carbocycles. The molecule has 0 radical (unpaired) electrons. The van der Waals surface area contributed by atoms with Gasteiger partial charge in [0.2, 0.25) is 0 Å². The van der Waals surface area contributed by atoms with Crippen LogP contribution in [0.2, 0.25) is 0 Å². The van der Waals surface area contributed by atoms with Gasteiger partial charge in [0.1, 0.15) is 5.75 Å². The van der Waals surface area contributed by atoms with E-state index in [0.717, 1.165) is 24.5 Å². The second kappa shape index (κ2) is 3.72. The molecule has 0 saturated carbocycles. The van der Waals surface area contributed by atoms with Gasteiger partial charge in [0.05, 0.1) is 12.3 Å². The van der Waals surface area contributed by atoms with Crippen molar-refractivity contribution in [3.8, 4) is 5.75 Å². The van der Waals surface area contributed by atoms with E-state index in [1.54, 1.807) is 0 Å². The van der Waals surface area contributed by atoms with E-state index in [2.05, 4.69) is 47.6 Å². The van der Waals surface area contributed by atoms with Crippen molar-refractivity contribution < 1.29 is 4.74 Å². The number of rotatable bonds is 0. The summed E-state index contributed by atoms with van der Waals surface area (Å²) in [5, 5.41) is 0. The topological polar surface area (TPSA) is 22.1 Å². The van der Waals surface area contributed by atoms with Gasteiger partial charge in [-0.1, -0.05) is 41.5 Å². The summed E-state index contributed by atoms with van der Waals surface area (Å²) in [4.78, 5) is 4.86. The largest absolute Gasteiger partial charge is 0.491 e. The molecule has 0 aliphatic carbocycles. The van der Waals surface area contributed by atoms with E-state index < -0.39 is 0 Å². The minimum Gasteiger partial charge on any atom is -0.491 e. The normalized spacial score (nSPS) is 15.6. The molecule has 0 unspecified atom stereocenters. The van der Waals surface area contributed by atoms with Crippen LogP contribution in [0.15, 0.2) is 6.07 Å². The highest BCUT2D eigenvalue weighted by atomic mass is 16.5. The lowest BCUT2D eigenvalue weighted by Crippen LogP contribution is -2.20. The standard InChI is InChI=1S/C15H23NO/c1-14(2,3)11-9-10-7-8-17-12(10)13(16-11)15(4,5)6/h9H,7-8H2,1-6H3. The van der Waals surface area contributed by atoms with Crippen molar-refractivity contribution in [3.63, 3.8) is 0 Å². The smallest absolute Gasteiger partial charge is 0.144 e. The first-order valence-corrected chi connectivity index (χ1v) is 6.37. The van der Waals surface area contributed by atoms with Crippen molar-refractivity contribution in [1.29, 1.82) is 0 Å². The Morgan fingerprint density at radius 2 is 1.71 bits per heavy atom. The minimum absolute atomic E-state index is 0.0374. The zero-order chi connectivity index (χ0) is 12.8. The van der Waals surface area contributed by atoms with E-state index in [0.29, 0.717) is 0 Å². The molecule has 0 amide bonds. The number of pyridine rings is 1. The van der Waals surface area contributed by atoms with Crippen LogP contribution in [0.5, 0.6) is 5.75 Å². The van der Waals surface area contributed by atoms with Crippen molar-refractivity contribution >= 4 is 0 Å². The van der Waals surface area contributed by atoms with Crippen molar-refractivity contribution in [2.24, 2.45) is 0 Å². The van der Waals surface area contributed by atoms with Crippen LogP contribution in [0.3, 0.4) is 0 Å². The monoisotopic (exact) mass is 233 g/mol. The highest BCUT2D eigenvalue weighted by Gasteiger charge is 2.29. The Morgan fingerprint density at radius 1 is 1.06 bits per heavy atom. The van der Waals surface area contributed by atoms with Crippen LogP contribution in [0, 0.1) is 0 Å². The predicted octanol–water partition coefficient (Wildman–Crippen LogP) is 3.61. The number of aromatic nitrogens is 1. The summed E-state index contributed by atoms with van der Waals surface area (Å²) < 4.78 is 5.76. The molecule has 1 aliphatic heterocycles. The van der Waals surface area contributed by atoms with E-state index in [-0.39, 0.29) is 10.8 Å². The lowest BCUT2D eigenvalue weighted by Gasteiger charge is -2.25. The van der Waals surface area contributed by atoms with Gasteiger partial charge in [-0.05, 0) is 6.07 Å². The fourth-order valence-electron chi connectivity index (χ4n) is 2.09. The summed E-state index contributed by atoms with van der Waals surface area (Å²) in [6, 6.07) is 2.22. The molecular formula is C15H23NO. The van der Waals surface area contributed by atoms with Crippen molar-refractivity contribution in [2.75, 3.05) is 6.61 Å². The molecule has 1 aliphatic rings. The number of fused-ring (bicyclic) bond motifs is 1. The Balaban J connectivity index is 2.62. The van der Waals surface area contributed by atoms with Crippen molar-refractivity contribution in [2.45, 2.75) is 58.8 Å². The molecule has 1 aromatic rings. The van der Waals surface area contributed by atoms with E-state index in [1.165, 1.54) is 11.3 Å². The van der Waals surface area contributed by atoms with Gasteiger partial charge in [-0.15, -0.1) is 0 Å². The van der Waals surface area contributed by atoms with Crippen molar-refractivity contribution in [1.82, 2.24) is 4.98 Å². The summed E-state index contributed by atoms with van der Waals surface area (Å²) in [7, 11) is 0. The predicted molar refractivity (Wildman–Crippen MR) is 70.8 cm³/mol. The highest BCUT2D eigenvalue weighted by Crippen LogP contribution is 2.38. The van der Waals surface area contributed by atoms with E-state index in [4.69, 9.17) is 9.72 Å². The lowest BCUT2D eigenvalue weighted by atomic mass is 9.86. The summed E-state index contributed by atoms with van der Waals surface area (Å²) in [5.41, 5.74) is 3.74. The molecule has 94 valence electrons. The average molecular weight is 233 g/mol. The quantitative estimate of drug-likeness (QED) is 0.683. The number of hydrogen-bond donors (Lipinski definition) is 0. The van der Waals surface area contributed by atoms with Crippen LogP contribution in [0.1, 0.15) is 58.5 Å². The van der Waals surface area contributed by atoms with Gasteiger partial charge >= 0.3 is 0 Å². The van der Waals surface area contributed by atoms with Crippen LogP contribution >= 0.6 is 0 Å². The average Bonchev–Trinajstić information content (AvgIpc) is 2.59. The van der Waals surface area contributed by atoms with Gasteiger partial charge in [-0.25, -0.2) is 0 Å². The zero-order valence-corrected chi connectivity index (χ0v) is 11.8. The van der Waals surface area contributed by atoms with Crippen LogP contribution in [0.4, 0.5) is 0 Å². The first kappa shape index (κ1) is 12.4. The Hall–Kier alpha value is -1.05. The maximum Gasteiger partial charge on any atom is 0.144 e. The molecule has 0 saturated heterocycles. The van der Waals surface area contributed by atoms with Gasteiger partial charge in [-0.2, -0.15) is 0 Å². The summed E-state index contributed by atoms with van der Waals surface area (Å²) in [5.74, 6) is 1.03. The van der Waals surface area contributed by atoms with Crippen LogP contribution in [-0.4, -0.2) is 11.6 Å². The highest BCUT2D eigenvalue weighted by molar-refractivity contribution is 5.45. The summed E-state index contributed by atoms with van der Waals surface area (Å²) >= 11 is 0. The lowest BCUT2D eigenvalue weighted by molar-refractivity contribution is 0.343. The minimum atomic E-state index is 0.0374. The molecule has 0 bridgehead atoms. The van der Waals surface area contributed by atoms with E-state index in [1.807, 2.05) is 0 Å². The Kier molecular flexibility index (Phi) is 2.72. The molecule has 1 aromatic heterocycles. The Bertz CT molecular complexity index is 435. The Labute approximate surface area is 104 Å². The van der Waals surface area contributed by atoms with Crippen molar-refractivity contribution in [3.05, 3.63) is 23.0 Å². The molecule has 2 rings (SSSR count). The van der Waals surface area contributed by atoms with Crippen LogP contribution < -0.4 is 4.74 Å². The Morgan fingerprint density at radius 3 is 2.24 bits per heavy atom. The third kappa shape index (κ3) is 2.31. The maximum atomic E-state index is 5.76. The molecular weight excluding hydrogens is 210 g/mol. The van der Waals surface area contributed by atoms with Gasteiger partial charge < -0.3 is 4.74 Å². The summed E-state index contributed by atoms with van der Waals surface area (Å²) in [6.07, 6.45) is 1.02. The second-order valence-electron chi connectivity index (χ2n) is 6.94. The van der Waals surface area contributed by atoms with Crippen LogP contribution in [-0.2, 0) is 17.3 Å². The first-order valence-electron chi connectivity index (χ1n) is 6.37. The van der Waals surface area contributed by atoms with Gasteiger partial charge in [0.15, 0.2) is 0 Å². The fourth-order valence-corrected chi connectivity index (χ4v) is 2.09. The van der Waals surface area contributed by atoms with E-state index in [9.17, 15) is 0 Å². The molecule has 0 N–H and O–H groups in total. The van der Waals surface area contributed by atoms with Gasteiger partial charge in [-0.3, -0.25) is 4.98 Å². The maximum absolute atomic E-state index is 5.76. The number of nitrogens with zero attached hydrogens (tertiary/aromatic N) is 1. The fraction of sp³-hybridized carbons (Fsp3) is 0.667. The molecule has 0 spiro atoms. The molecule has 0 atom stereocenters. The molecule has 2 nitrogen and oxygen atoms in total. The van der Waals surface area contributed by atoms with Gasteiger partial charge in [0, 0.05) is 28.5 Å². The summed E-state index contributed by atoms with van der Waals surface area (Å²) in [6.45, 7) is 14.0. The third-order valence-electron chi connectivity index (χ3n) is 3.15. The third-order valence-corrected chi connectivity index (χ3v) is 3.15. The SMILES string of the molecule is CC(C)(C)c1cc2c(c(C(C)(C)C)n1)OCC2.